The molecule has 0 aromatic heterocycles. The summed E-state index contributed by atoms with van der Waals surface area (Å²) in [5.41, 5.74) is 0.418. The van der Waals surface area contributed by atoms with Crippen molar-refractivity contribution in [1.29, 1.82) is 0 Å². The van der Waals surface area contributed by atoms with E-state index in [4.69, 9.17) is 23.2 Å². The van der Waals surface area contributed by atoms with Crippen molar-refractivity contribution in [3.8, 4) is 0 Å². The smallest absolute Gasteiger partial charge is 0.255 e. The number of carbonyl (C=O) groups is 1. The summed E-state index contributed by atoms with van der Waals surface area (Å²) < 4.78 is 24.5. The van der Waals surface area contributed by atoms with Crippen LogP contribution in [0.2, 0.25) is 10.0 Å². The maximum Gasteiger partial charge on any atom is 0.255 e. The van der Waals surface area contributed by atoms with E-state index in [0.717, 1.165) is 0 Å². The highest BCUT2D eigenvalue weighted by Gasteiger charge is 2.29. The summed E-state index contributed by atoms with van der Waals surface area (Å²) in [5.74, 6) is -0.151. The minimum Gasteiger partial charge on any atom is -0.338 e. The molecule has 0 saturated carbocycles. The van der Waals surface area contributed by atoms with E-state index >= 15 is 0 Å². The Morgan fingerprint density at radius 3 is 2.36 bits per heavy atom. The highest BCUT2D eigenvalue weighted by Crippen LogP contribution is 2.24. The summed E-state index contributed by atoms with van der Waals surface area (Å²) in [4.78, 5) is 14.2. The van der Waals surface area contributed by atoms with E-state index in [1.54, 1.807) is 30.1 Å². The molecule has 22 heavy (non-hydrogen) atoms. The number of amides is 1. The van der Waals surface area contributed by atoms with Crippen molar-refractivity contribution in [2.45, 2.75) is 18.9 Å². The molecular formula is C14H18Cl2N2O3S. The third-order valence-electron chi connectivity index (χ3n) is 3.95. The topological polar surface area (TPSA) is 57.7 Å². The van der Waals surface area contributed by atoms with Crippen LogP contribution in [0.1, 0.15) is 23.2 Å². The number of rotatable bonds is 3. The van der Waals surface area contributed by atoms with Crippen LogP contribution in [0.4, 0.5) is 0 Å². The zero-order valence-corrected chi connectivity index (χ0v) is 14.7. The summed E-state index contributed by atoms with van der Waals surface area (Å²) in [7, 11) is -1.63. The molecule has 0 bridgehead atoms. The lowest BCUT2D eigenvalue weighted by molar-refractivity contribution is 0.0686. The molecule has 0 atom stereocenters. The molecule has 0 aliphatic carbocycles. The van der Waals surface area contributed by atoms with Gasteiger partial charge in [0.05, 0.1) is 16.8 Å². The maximum atomic E-state index is 12.5. The molecule has 2 rings (SSSR count). The molecule has 0 spiro atoms. The SMILES string of the molecule is CN(C1CCN(C(=O)c2ccc(Cl)cc2Cl)CC1)S(C)(=O)=O. The van der Waals surface area contributed by atoms with Gasteiger partial charge in [-0.15, -0.1) is 0 Å². The van der Waals surface area contributed by atoms with Crippen molar-refractivity contribution < 1.29 is 13.2 Å². The van der Waals surface area contributed by atoms with E-state index < -0.39 is 10.0 Å². The largest absolute Gasteiger partial charge is 0.338 e. The molecule has 1 aliphatic heterocycles. The molecule has 1 aliphatic rings. The van der Waals surface area contributed by atoms with Crippen molar-refractivity contribution in [2.75, 3.05) is 26.4 Å². The summed E-state index contributed by atoms with van der Waals surface area (Å²) >= 11 is 11.9. The Morgan fingerprint density at radius 2 is 1.86 bits per heavy atom. The van der Waals surface area contributed by atoms with Gasteiger partial charge < -0.3 is 4.90 Å². The predicted molar refractivity (Wildman–Crippen MR) is 88.0 cm³/mol. The normalized spacial score (nSPS) is 17.0. The number of likely N-dealkylation sites (tertiary alicyclic amines) is 1. The summed E-state index contributed by atoms with van der Waals surface area (Å²) in [6.07, 6.45) is 2.42. The molecule has 1 amide bonds. The van der Waals surface area contributed by atoms with Gasteiger partial charge in [-0.3, -0.25) is 4.79 Å². The zero-order valence-electron chi connectivity index (χ0n) is 12.4. The second kappa shape index (κ2) is 6.74. The lowest BCUT2D eigenvalue weighted by Gasteiger charge is -2.35. The standard InChI is InChI=1S/C14H18Cl2N2O3S/c1-17(22(2,20)21)11-5-7-18(8-6-11)14(19)12-4-3-10(15)9-13(12)16/h3-4,9,11H,5-8H2,1-2H3. The first-order valence-corrected chi connectivity index (χ1v) is 9.48. The lowest BCUT2D eigenvalue weighted by atomic mass is 10.0. The zero-order chi connectivity index (χ0) is 16.5. The van der Waals surface area contributed by atoms with Crippen molar-refractivity contribution in [1.82, 2.24) is 9.21 Å². The summed E-state index contributed by atoms with van der Waals surface area (Å²) in [5, 5.41) is 0.808. The van der Waals surface area contributed by atoms with Crippen LogP contribution in [-0.2, 0) is 10.0 Å². The molecule has 8 heteroatoms. The molecule has 1 aromatic carbocycles. The monoisotopic (exact) mass is 364 g/mol. The third-order valence-corrected chi connectivity index (χ3v) is 5.84. The molecule has 5 nitrogen and oxygen atoms in total. The minimum absolute atomic E-state index is 0.0697. The molecule has 1 heterocycles. The van der Waals surface area contributed by atoms with Crippen LogP contribution in [0.25, 0.3) is 0 Å². The number of halogens is 2. The van der Waals surface area contributed by atoms with Crippen molar-refractivity contribution >= 4 is 39.1 Å². The van der Waals surface area contributed by atoms with Gasteiger partial charge in [0, 0.05) is 31.2 Å². The molecule has 122 valence electrons. The van der Waals surface area contributed by atoms with E-state index in [-0.39, 0.29) is 11.9 Å². The number of benzene rings is 1. The second-order valence-electron chi connectivity index (χ2n) is 5.43. The van der Waals surface area contributed by atoms with Crippen molar-refractivity contribution in [2.24, 2.45) is 0 Å². The molecule has 1 aromatic rings. The third kappa shape index (κ3) is 3.93. The van der Waals surface area contributed by atoms with Gasteiger partial charge in [0.15, 0.2) is 0 Å². The minimum atomic E-state index is -3.21. The van der Waals surface area contributed by atoms with E-state index in [1.165, 1.54) is 10.6 Å². The molecular weight excluding hydrogens is 347 g/mol. The number of sulfonamides is 1. The van der Waals surface area contributed by atoms with E-state index in [1.807, 2.05) is 0 Å². The first-order chi connectivity index (χ1) is 10.2. The first-order valence-electron chi connectivity index (χ1n) is 6.87. The predicted octanol–water partition coefficient (Wildman–Crippen LogP) is 2.49. The van der Waals surface area contributed by atoms with Gasteiger partial charge in [0.1, 0.15) is 0 Å². The summed E-state index contributed by atoms with van der Waals surface area (Å²) in [6, 6.07) is 4.72. The van der Waals surface area contributed by atoms with Crippen LogP contribution >= 0.6 is 23.2 Å². The van der Waals surface area contributed by atoms with Crippen molar-refractivity contribution in [3.05, 3.63) is 33.8 Å². The fraction of sp³-hybridized carbons (Fsp3) is 0.500. The van der Waals surface area contributed by atoms with Gasteiger partial charge in [-0.1, -0.05) is 23.2 Å². The Labute approximate surface area is 140 Å². The Kier molecular flexibility index (Phi) is 5.37. The van der Waals surface area contributed by atoms with Gasteiger partial charge in [-0.05, 0) is 31.0 Å². The maximum absolute atomic E-state index is 12.5. The van der Waals surface area contributed by atoms with Gasteiger partial charge in [-0.25, -0.2) is 12.7 Å². The number of piperidine rings is 1. The molecule has 0 N–H and O–H groups in total. The molecule has 0 unspecified atom stereocenters. The second-order valence-corrected chi connectivity index (χ2v) is 8.31. The van der Waals surface area contributed by atoms with Crippen LogP contribution in [-0.4, -0.2) is 56.0 Å². The number of hydrogen-bond acceptors (Lipinski definition) is 3. The number of carbonyl (C=O) groups excluding carboxylic acids is 1. The average Bonchev–Trinajstić information content (AvgIpc) is 2.45. The Bertz CT molecular complexity index is 671. The molecule has 1 saturated heterocycles. The van der Waals surface area contributed by atoms with Crippen molar-refractivity contribution in [3.63, 3.8) is 0 Å². The first kappa shape index (κ1) is 17.5. The van der Waals surface area contributed by atoms with Crippen LogP contribution in [0.3, 0.4) is 0 Å². The van der Waals surface area contributed by atoms with E-state index in [0.29, 0.717) is 41.5 Å². The van der Waals surface area contributed by atoms with E-state index in [9.17, 15) is 13.2 Å². The van der Waals surface area contributed by atoms with Crippen LogP contribution in [0.15, 0.2) is 18.2 Å². The van der Waals surface area contributed by atoms with Gasteiger partial charge in [0.25, 0.3) is 5.91 Å². The van der Waals surface area contributed by atoms with Gasteiger partial charge >= 0.3 is 0 Å². The Balaban J connectivity index is 2.04. The Hall–Kier alpha value is -0.820. The quantitative estimate of drug-likeness (QED) is 0.827. The molecule has 1 fully saturated rings. The van der Waals surface area contributed by atoms with Gasteiger partial charge in [-0.2, -0.15) is 0 Å². The Morgan fingerprint density at radius 1 is 1.27 bits per heavy atom. The van der Waals surface area contributed by atoms with Gasteiger partial charge in [0.2, 0.25) is 10.0 Å². The fourth-order valence-corrected chi connectivity index (χ4v) is 3.78. The number of hydrogen-bond donors (Lipinski definition) is 0. The molecule has 0 radical (unpaired) electrons. The average molecular weight is 365 g/mol. The lowest BCUT2D eigenvalue weighted by Crippen LogP contribution is -2.47. The summed E-state index contributed by atoms with van der Waals surface area (Å²) in [6.45, 7) is 1.00. The van der Waals surface area contributed by atoms with Crippen LogP contribution in [0.5, 0.6) is 0 Å². The van der Waals surface area contributed by atoms with Crippen LogP contribution in [0, 0.1) is 0 Å². The van der Waals surface area contributed by atoms with Crippen LogP contribution < -0.4 is 0 Å². The fourth-order valence-electron chi connectivity index (χ4n) is 2.54. The van der Waals surface area contributed by atoms with E-state index in [2.05, 4.69) is 0 Å². The highest BCUT2D eigenvalue weighted by molar-refractivity contribution is 7.88. The number of nitrogens with zero attached hydrogens (tertiary/aromatic N) is 2. The highest BCUT2D eigenvalue weighted by atomic mass is 35.5.